The minimum atomic E-state index is -2.19. The Morgan fingerprint density at radius 2 is 1.74 bits per heavy atom. The van der Waals surface area contributed by atoms with Gasteiger partial charge in [0, 0.05) is 6.21 Å². The Morgan fingerprint density at radius 1 is 1.17 bits per heavy atom. The Bertz CT molecular complexity index is 699. The highest BCUT2D eigenvalue weighted by Crippen LogP contribution is 2.25. The zero-order valence-electron chi connectivity index (χ0n) is 12.1. The average molecular weight is 335 g/mol. The largest absolute Gasteiger partial charge is 0.506 e. The van der Waals surface area contributed by atoms with Crippen molar-refractivity contribution >= 4 is 17.9 Å². The van der Waals surface area contributed by atoms with E-state index in [1.807, 2.05) is 0 Å². The summed E-state index contributed by atoms with van der Waals surface area (Å²) >= 11 is 0. The molecule has 5 nitrogen and oxygen atoms in total. The van der Waals surface area contributed by atoms with E-state index < -0.39 is 58.3 Å². The molecule has 0 aliphatic rings. The molecule has 126 valence electrons. The molecule has 1 aromatic rings. The number of aliphatic imine (C=N–C) groups is 1. The van der Waals surface area contributed by atoms with Crippen LogP contribution in [-0.2, 0) is 4.79 Å². The highest BCUT2D eigenvalue weighted by molar-refractivity contribution is 6.14. The summed E-state index contributed by atoms with van der Waals surface area (Å²) in [4.78, 5) is 14.8. The maximum Gasteiger partial charge on any atom is 0.341 e. The van der Waals surface area contributed by atoms with Crippen LogP contribution in [0.3, 0.4) is 0 Å². The first-order chi connectivity index (χ1) is 10.5. The van der Waals surface area contributed by atoms with Crippen molar-refractivity contribution in [3.63, 3.8) is 0 Å². The number of aliphatic hydroxyl groups is 2. The predicted octanol–water partition coefficient (Wildman–Crippen LogP) is 2.44. The van der Waals surface area contributed by atoms with Gasteiger partial charge in [-0.25, -0.2) is 22.4 Å². The van der Waals surface area contributed by atoms with Crippen LogP contribution in [0.5, 0.6) is 0 Å². The molecule has 0 aliphatic carbocycles. The average Bonchev–Trinajstić information content (AvgIpc) is 2.48. The van der Waals surface area contributed by atoms with Gasteiger partial charge in [0.15, 0.2) is 23.3 Å². The van der Waals surface area contributed by atoms with E-state index in [2.05, 4.69) is 4.99 Å². The highest BCUT2D eigenvalue weighted by atomic mass is 19.2. The standard InChI is InChI=1S/C14H13F4NO4/c1-14(2,5-20)19-4-7(13(22)23)12(21)6-3-8(15)10(17)11(18)9(6)16/h3-4,20-21H,5H2,1-2H3,(H,22,23). The second-order valence-electron chi connectivity index (χ2n) is 5.14. The number of hydrogen-bond donors (Lipinski definition) is 3. The van der Waals surface area contributed by atoms with E-state index >= 15 is 0 Å². The van der Waals surface area contributed by atoms with Gasteiger partial charge in [-0.2, -0.15) is 0 Å². The van der Waals surface area contributed by atoms with Crippen molar-refractivity contribution in [3.05, 3.63) is 40.5 Å². The molecular weight excluding hydrogens is 322 g/mol. The van der Waals surface area contributed by atoms with E-state index in [1.165, 1.54) is 13.8 Å². The zero-order chi connectivity index (χ0) is 17.9. The van der Waals surface area contributed by atoms with Crippen LogP contribution in [0.1, 0.15) is 19.4 Å². The molecular formula is C14H13F4NO4. The third-order valence-corrected chi connectivity index (χ3v) is 2.77. The molecule has 0 fully saturated rings. The van der Waals surface area contributed by atoms with E-state index in [0.717, 1.165) is 0 Å². The molecule has 0 heterocycles. The van der Waals surface area contributed by atoms with Crippen LogP contribution in [0.25, 0.3) is 5.76 Å². The fourth-order valence-corrected chi connectivity index (χ4v) is 1.39. The van der Waals surface area contributed by atoms with Gasteiger partial charge in [-0.05, 0) is 19.9 Å². The number of hydrogen-bond acceptors (Lipinski definition) is 4. The molecule has 9 heteroatoms. The Labute approximate surface area is 128 Å². The van der Waals surface area contributed by atoms with E-state index in [-0.39, 0.29) is 6.07 Å². The van der Waals surface area contributed by atoms with Crippen LogP contribution in [0.15, 0.2) is 16.6 Å². The minimum Gasteiger partial charge on any atom is -0.506 e. The molecule has 0 bridgehead atoms. The molecule has 0 amide bonds. The second kappa shape index (κ2) is 6.78. The van der Waals surface area contributed by atoms with Gasteiger partial charge in [0.25, 0.3) is 0 Å². The Balaban J connectivity index is 3.54. The molecule has 0 aliphatic heterocycles. The number of aliphatic carboxylic acids is 1. The number of nitrogens with zero attached hydrogens (tertiary/aromatic N) is 1. The van der Waals surface area contributed by atoms with Crippen molar-refractivity contribution in [2.45, 2.75) is 19.4 Å². The summed E-state index contributed by atoms with van der Waals surface area (Å²) in [7, 11) is 0. The van der Waals surface area contributed by atoms with Crippen molar-refractivity contribution in [3.8, 4) is 0 Å². The molecule has 1 rings (SSSR count). The van der Waals surface area contributed by atoms with Crippen LogP contribution in [-0.4, -0.2) is 39.6 Å². The molecule has 0 unspecified atom stereocenters. The summed E-state index contributed by atoms with van der Waals surface area (Å²) in [5.74, 6) is -11.2. The topological polar surface area (TPSA) is 90.1 Å². The number of rotatable bonds is 5. The molecule has 23 heavy (non-hydrogen) atoms. The van der Waals surface area contributed by atoms with E-state index in [1.54, 1.807) is 0 Å². The number of carboxylic acid groups (broad SMARTS) is 1. The lowest BCUT2D eigenvalue weighted by Gasteiger charge is -2.15. The van der Waals surface area contributed by atoms with Crippen molar-refractivity contribution in [1.29, 1.82) is 0 Å². The van der Waals surface area contributed by atoms with Crippen LogP contribution in [0.2, 0.25) is 0 Å². The van der Waals surface area contributed by atoms with Crippen LogP contribution in [0.4, 0.5) is 17.6 Å². The van der Waals surface area contributed by atoms with Gasteiger partial charge in [-0.15, -0.1) is 0 Å². The zero-order valence-corrected chi connectivity index (χ0v) is 12.1. The molecule has 0 spiro atoms. The van der Waals surface area contributed by atoms with Gasteiger partial charge in [0.2, 0.25) is 0 Å². The van der Waals surface area contributed by atoms with Gasteiger partial charge in [0.1, 0.15) is 11.3 Å². The van der Waals surface area contributed by atoms with E-state index in [0.29, 0.717) is 6.21 Å². The number of benzene rings is 1. The highest BCUT2D eigenvalue weighted by Gasteiger charge is 2.25. The van der Waals surface area contributed by atoms with Crippen molar-refractivity contribution < 1.29 is 37.7 Å². The van der Waals surface area contributed by atoms with E-state index in [4.69, 9.17) is 10.2 Å². The Kier molecular flexibility index (Phi) is 5.49. The summed E-state index contributed by atoms with van der Waals surface area (Å²) in [6.07, 6.45) is 0.604. The first-order valence-electron chi connectivity index (χ1n) is 6.17. The van der Waals surface area contributed by atoms with Gasteiger partial charge in [0.05, 0.1) is 17.7 Å². The van der Waals surface area contributed by atoms with Gasteiger partial charge in [-0.3, -0.25) is 4.99 Å². The molecule has 0 atom stereocenters. The monoisotopic (exact) mass is 335 g/mol. The number of carboxylic acids is 1. The smallest absolute Gasteiger partial charge is 0.341 e. The fraction of sp³-hybridized carbons (Fsp3) is 0.286. The molecule has 0 aromatic heterocycles. The van der Waals surface area contributed by atoms with Crippen molar-refractivity contribution in [1.82, 2.24) is 0 Å². The first kappa shape index (κ1) is 18.6. The second-order valence-corrected chi connectivity index (χ2v) is 5.14. The number of aliphatic hydroxyl groups excluding tert-OH is 2. The van der Waals surface area contributed by atoms with E-state index in [9.17, 15) is 27.5 Å². The normalized spacial score (nSPS) is 13.3. The summed E-state index contributed by atoms with van der Waals surface area (Å²) in [5.41, 5.74) is -3.28. The quantitative estimate of drug-likeness (QED) is 0.192. The Morgan fingerprint density at radius 3 is 2.22 bits per heavy atom. The summed E-state index contributed by atoms with van der Waals surface area (Å²) in [5, 5.41) is 27.8. The van der Waals surface area contributed by atoms with Gasteiger partial charge >= 0.3 is 5.97 Å². The van der Waals surface area contributed by atoms with Gasteiger partial charge in [-0.1, -0.05) is 0 Å². The third-order valence-electron chi connectivity index (χ3n) is 2.77. The Hall–Kier alpha value is -2.42. The third kappa shape index (κ3) is 4.07. The van der Waals surface area contributed by atoms with Crippen LogP contribution < -0.4 is 0 Å². The lowest BCUT2D eigenvalue weighted by Crippen LogP contribution is -2.22. The molecule has 0 radical (unpaired) electrons. The number of carbonyl (C=O) groups is 1. The van der Waals surface area contributed by atoms with Crippen molar-refractivity contribution in [2.75, 3.05) is 6.61 Å². The lowest BCUT2D eigenvalue weighted by molar-refractivity contribution is -0.132. The molecule has 0 saturated heterocycles. The lowest BCUT2D eigenvalue weighted by atomic mass is 10.1. The summed E-state index contributed by atoms with van der Waals surface area (Å²) in [6.45, 7) is 2.39. The van der Waals surface area contributed by atoms with Crippen LogP contribution in [0, 0.1) is 23.3 Å². The van der Waals surface area contributed by atoms with Crippen molar-refractivity contribution in [2.24, 2.45) is 4.99 Å². The maximum atomic E-state index is 13.6. The van der Waals surface area contributed by atoms with Gasteiger partial charge < -0.3 is 15.3 Å². The predicted molar refractivity (Wildman–Crippen MR) is 73.1 cm³/mol. The van der Waals surface area contributed by atoms with Crippen LogP contribution >= 0.6 is 0 Å². The summed E-state index contributed by atoms with van der Waals surface area (Å²) in [6, 6.07) is 0.122. The maximum absolute atomic E-state index is 13.6. The SMILES string of the molecule is CC(C)(CO)N=CC(C(=O)O)=C(O)c1cc(F)c(F)c(F)c1F. The first-order valence-corrected chi connectivity index (χ1v) is 6.17. The minimum absolute atomic E-state index is 0.122. The molecule has 1 aromatic carbocycles. The number of halogens is 4. The fourth-order valence-electron chi connectivity index (χ4n) is 1.39. The molecule has 0 saturated carbocycles. The molecule has 3 N–H and O–H groups in total. The summed E-state index contributed by atoms with van der Waals surface area (Å²) < 4.78 is 52.8.